The van der Waals surface area contributed by atoms with Crippen LogP contribution in [0, 0.1) is 34.5 Å². The Morgan fingerprint density at radius 1 is 1.21 bits per heavy atom. The smallest absolute Gasteiger partial charge is 0.236 e. The third-order valence-electron chi connectivity index (χ3n) is 7.79. The topological polar surface area (TPSA) is 60.2 Å². The van der Waals surface area contributed by atoms with E-state index in [1.165, 1.54) is 6.08 Å². The minimum Gasteiger partial charge on any atom is -0.395 e. The van der Waals surface area contributed by atoms with E-state index in [-0.39, 0.29) is 22.9 Å². The molecule has 0 saturated heterocycles. The van der Waals surface area contributed by atoms with Crippen LogP contribution >= 0.6 is 0 Å². The van der Waals surface area contributed by atoms with Gasteiger partial charge in [-0.1, -0.05) is 20.8 Å². The van der Waals surface area contributed by atoms with Gasteiger partial charge in [0.25, 0.3) is 0 Å². The second kappa shape index (κ2) is 4.80. The van der Waals surface area contributed by atoms with Gasteiger partial charge in [-0.05, 0) is 61.0 Å². The second-order valence-electron chi connectivity index (χ2n) is 8.86. The maximum atomic E-state index is 14.3. The summed E-state index contributed by atoms with van der Waals surface area (Å²) in [5.41, 5.74) is 6.44. The molecule has 4 aliphatic carbocycles. The monoisotopic (exact) mass is 331 g/mol. The molecule has 0 heterocycles. The van der Waals surface area contributed by atoms with Crippen molar-refractivity contribution in [3.05, 3.63) is 23.2 Å². The first-order chi connectivity index (χ1) is 11.2. The molecule has 0 aliphatic heterocycles. The van der Waals surface area contributed by atoms with E-state index >= 15 is 0 Å². The van der Waals surface area contributed by atoms with Crippen LogP contribution < -0.4 is 5.73 Å². The van der Waals surface area contributed by atoms with Gasteiger partial charge >= 0.3 is 0 Å². The predicted molar refractivity (Wildman–Crippen MR) is 89.4 cm³/mol. The SMILES string of the molecule is C[C@H]1C[C@@H]2[C@H](CC[C@]3(C)C(=O)CC[C@@H]23)[C@@]2(C)C=C(F)C(=O)C(N)=C12. The van der Waals surface area contributed by atoms with Crippen molar-refractivity contribution < 1.29 is 14.0 Å². The van der Waals surface area contributed by atoms with E-state index in [1.54, 1.807) is 0 Å². The minimum absolute atomic E-state index is 0.124. The van der Waals surface area contributed by atoms with Crippen molar-refractivity contribution in [3.63, 3.8) is 0 Å². The number of hydrogen-bond donors (Lipinski definition) is 1. The number of fused-ring (bicyclic) bond motifs is 5. The first-order valence-corrected chi connectivity index (χ1v) is 9.16. The molecule has 3 fully saturated rings. The zero-order valence-corrected chi connectivity index (χ0v) is 14.7. The van der Waals surface area contributed by atoms with Crippen LogP contribution in [-0.2, 0) is 9.59 Å². The summed E-state index contributed by atoms with van der Waals surface area (Å²) < 4.78 is 14.3. The summed E-state index contributed by atoms with van der Waals surface area (Å²) in [6.07, 6.45) is 5.90. The second-order valence-corrected chi connectivity index (χ2v) is 8.86. The molecular formula is C20H26FNO2. The van der Waals surface area contributed by atoms with Gasteiger partial charge in [-0.3, -0.25) is 9.59 Å². The number of ketones is 2. The Hall–Kier alpha value is -1.45. The molecule has 24 heavy (non-hydrogen) atoms. The Bertz CT molecular complexity index is 708. The molecule has 3 nitrogen and oxygen atoms in total. The molecule has 4 rings (SSSR count). The quantitative estimate of drug-likeness (QED) is 0.736. The van der Waals surface area contributed by atoms with Crippen molar-refractivity contribution in [2.75, 3.05) is 0 Å². The fourth-order valence-electron chi connectivity index (χ4n) is 6.71. The highest BCUT2D eigenvalue weighted by Crippen LogP contribution is 2.65. The van der Waals surface area contributed by atoms with Gasteiger partial charge in [-0.15, -0.1) is 0 Å². The first-order valence-electron chi connectivity index (χ1n) is 9.16. The molecule has 0 bridgehead atoms. The molecule has 0 radical (unpaired) electrons. The van der Waals surface area contributed by atoms with Crippen molar-refractivity contribution in [1.29, 1.82) is 0 Å². The molecule has 4 aliphatic rings. The van der Waals surface area contributed by atoms with Gasteiger partial charge in [0.1, 0.15) is 5.78 Å². The van der Waals surface area contributed by atoms with Gasteiger partial charge in [-0.2, -0.15) is 0 Å². The summed E-state index contributed by atoms with van der Waals surface area (Å²) in [6, 6.07) is 0. The summed E-state index contributed by atoms with van der Waals surface area (Å²) in [4.78, 5) is 24.5. The van der Waals surface area contributed by atoms with Crippen LogP contribution in [-0.4, -0.2) is 11.6 Å². The van der Waals surface area contributed by atoms with Gasteiger partial charge in [0.15, 0.2) is 5.83 Å². The highest BCUT2D eigenvalue weighted by molar-refractivity contribution is 6.08. The summed E-state index contributed by atoms with van der Waals surface area (Å²) in [6.45, 7) is 6.29. The number of nitrogens with two attached hydrogens (primary N) is 1. The Morgan fingerprint density at radius 2 is 1.92 bits per heavy atom. The summed E-state index contributed by atoms with van der Waals surface area (Å²) in [7, 11) is 0. The summed E-state index contributed by atoms with van der Waals surface area (Å²) in [5, 5.41) is 0. The Labute approximate surface area is 142 Å². The number of halogens is 1. The molecular weight excluding hydrogens is 305 g/mol. The van der Waals surface area contributed by atoms with Crippen molar-refractivity contribution in [1.82, 2.24) is 0 Å². The lowest BCUT2D eigenvalue weighted by Gasteiger charge is -2.57. The van der Waals surface area contributed by atoms with E-state index < -0.39 is 17.0 Å². The molecule has 6 atom stereocenters. The van der Waals surface area contributed by atoms with Crippen LogP contribution in [0.15, 0.2) is 23.2 Å². The standard InChI is InChI=1S/C20H26FNO2/c1-10-8-11-12-4-5-15(23)19(12,2)7-6-13(11)20(3)9-14(21)18(24)17(22)16(10)20/h9-13H,4-8,22H2,1-3H3/t10-,11-,12-,13-,19-,20+/m0/s1. The molecule has 0 aromatic carbocycles. The molecule has 4 heteroatoms. The number of carbonyl (C=O) groups is 2. The lowest BCUT2D eigenvalue weighted by Crippen LogP contribution is -2.52. The average molecular weight is 331 g/mol. The van der Waals surface area contributed by atoms with E-state index in [0.29, 0.717) is 24.0 Å². The number of allylic oxidation sites excluding steroid dienone is 3. The lowest BCUT2D eigenvalue weighted by molar-refractivity contribution is -0.132. The Kier molecular flexibility index (Phi) is 3.21. The summed E-state index contributed by atoms with van der Waals surface area (Å²) in [5.74, 6) is 0.272. The third-order valence-corrected chi connectivity index (χ3v) is 7.79. The number of carbonyl (C=O) groups excluding carboxylic acids is 2. The van der Waals surface area contributed by atoms with Gasteiger partial charge in [0.2, 0.25) is 5.78 Å². The van der Waals surface area contributed by atoms with Gasteiger partial charge in [0.05, 0.1) is 5.70 Å². The molecule has 0 aromatic heterocycles. The van der Waals surface area contributed by atoms with Gasteiger partial charge in [-0.25, -0.2) is 4.39 Å². The first kappa shape index (κ1) is 16.0. The molecule has 130 valence electrons. The lowest BCUT2D eigenvalue weighted by atomic mass is 9.46. The van der Waals surface area contributed by atoms with Gasteiger partial charge < -0.3 is 5.73 Å². The van der Waals surface area contributed by atoms with E-state index in [2.05, 4.69) is 13.8 Å². The van der Waals surface area contributed by atoms with Crippen molar-refractivity contribution in [2.24, 2.45) is 40.2 Å². The minimum atomic E-state index is -0.706. The maximum Gasteiger partial charge on any atom is 0.236 e. The number of rotatable bonds is 0. The van der Waals surface area contributed by atoms with E-state index in [0.717, 1.165) is 31.3 Å². The zero-order chi connectivity index (χ0) is 17.4. The third kappa shape index (κ3) is 1.77. The number of Topliss-reactive ketones (excluding diaryl/α,β-unsaturated/α-hetero) is 2. The van der Waals surface area contributed by atoms with Crippen LogP contribution in [0.4, 0.5) is 4.39 Å². The van der Waals surface area contributed by atoms with Crippen molar-refractivity contribution in [3.8, 4) is 0 Å². The largest absolute Gasteiger partial charge is 0.395 e. The predicted octanol–water partition coefficient (Wildman–Crippen LogP) is 3.69. The van der Waals surface area contributed by atoms with Crippen molar-refractivity contribution in [2.45, 2.75) is 52.9 Å². The molecule has 0 amide bonds. The van der Waals surface area contributed by atoms with Crippen LogP contribution in [0.5, 0.6) is 0 Å². The van der Waals surface area contributed by atoms with Crippen LogP contribution in [0.25, 0.3) is 0 Å². The summed E-state index contributed by atoms with van der Waals surface area (Å²) >= 11 is 0. The fraction of sp³-hybridized carbons (Fsp3) is 0.700. The Balaban J connectivity index is 1.82. The zero-order valence-electron chi connectivity index (χ0n) is 14.7. The van der Waals surface area contributed by atoms with Gasteiger partial charge in [0, 0.05) is 17.3 Å². The van der Waals surface area contributed by atoms with Crippen molar-refractivity contribution >= 4 is 11.6 Å². The van der Waals surface area contributed by atoms with E-state index in [4.69, 9.17) is 5.73 Å². The fourth-order valence-corrected chi connectivity index (χ4v) is 6.71. The molecule has 0 spiro atoms. The highest BCUT2D eigenvalue weighted by Gasteiger charge is 2.60. The highest BCUT2D eigenvalue weighted by atomic mass is 19.1. The van der Waals surface area contributed by atoms with Crippen LogP contribution in [0.1, 0.15) is 52.9 Å². The maximum absolute atomic E-state index is 14.3. The molecule has 0 unspecified atom stereocenters. The van der Waals surface area contributed by atoms with Crippen LogP contribution in [0.2, 0.25) is 0 Å². The van der Waals surface area contributed by atoms with Crippen LogP contribution in [0.3, 0.4) is 0 Å². The van der Waals surface area contributed by atoms with E-state index in [9.17, 15) is 14.0 Å². The Morgan fingerprint density at radius 3 is 2.62 bits per heavy atom. The number of hydrogen-bond acceptors (Lipinski definition) is 3. The molecule has 2 N–H and O–H groups in total. The average Bonchev–Trinajstić information content (AvgIpc) is 2.80. The van der Waals surface area contributed by atoms with E-state index in [1.807, 2.05) is 6.92 Å². The normalized spacial score (nSPS) is 47.9. The molecule has 0 aromatic rings. The molecule has 3 saturated carbocycles.